The minimum atomic E-state index is -0.342. The third kappa shape index (κ3) is 4.84. The van der Waals surface area contributed by atoms with Crippen molar-refractivity contribution in [1.82, 2.24) is 19.7 Å². The molecule has 0 aliphatic carbocycles. The molecule has 0 spiro atoms. The van der Waals surface area contributed by atoms with Crippen molar-refractivity contribution in [3.8, 4) is 11.4 Å². The molecule has 162 valence electrons. The lowest BCUT2D eigenvalue weighted by Gasteiger charge is -2.31. The Morgan fingerprint density at radius 1 is 1.16 bits per heavy atom. The zero-order valence-corrected chi connectivity index (χ0v) is 17.4. The van der Waals surface area contributed by atoms with E-state index >= 15 is 0 Å². The van der Waals surface area contributed by atoms with Gasteiger partial charge in [-0.15, -0.1) is 0 Å². The second-order valence-electron chi connectivity index (χ2n) is 7.84. The Labute approximate surface area is 179 Å². The number of ether oxygens (including phenoxy) is 1. The number of H-pyrrole nitrogens is 1. The van der Waals surface area contributed by atoms with Gasteiger partial charge < -0.3 is 9.64 Å². The maximum atomic E-state index is 13.0. The summed E-state index contributed by atoms with van der Waals surface area (Å²) in [6, 6.07) is 13.3. The SMILES string of the molecule is Cc1ccccc1-n1c(CC2CCN(C(=O)COc3ccc(F)cc3)CC2)n[nH]c1=O. The van der Waals surface area contributed by atoms with Crippen LogP contribution in [0.15, 0.2) is 53.3 Å². The van der Waals surface area contributed by atoms with E-state index in [1.165, 1.54) is 24.3 Å². The number of aromatic nitrogens is 3. The molecule has 0 atom stereocenters. The number of hydrogen-bond donors (Lipinski definition) is 1. The van der Waals surface area contributed by atoms with Crippen molar-refractivity contribution in [3.63, 3.8) is 0 Å². The lowest BCUT2D eigenvalue weighted by molar-refractivity contribution is -0.134. The number of hydrogen-bond acceptors (Lipinski definition) is 4. The van der Waals surface area contributed by atoms with Crippen molar-refractivity contribution in [2.45, 2.75) is 26.2 Å². The number of nitrogens with one attached hydrogen (secondary N) is 1. The topological polar surface area (TPSA) is 80.2 Å². The fourth-order valence-electron chi connectivity index (χ4n) is 3.94. The highest BCUT2D eigenvalue weighted by molar-refractivity contribution is 5.77. The Hall–Kier alpha value is -3.42. The fourth-order valence-corrected chi connectivity index (χ4v) is 3.94. The normalized spacial score (nSPS) is 14.6. The highest BCUT2D eigenvalue weighted by atomic mass is 19.1. The van der Waals surface area contributed by atoms with Crippen molar-refractivity contribution in [1.29, 1.82) is 0 Å². The Kier molecular flexibility index (Phi) is 6.16. The van der Waals surface area contributed by atoms with Crippen molar-refractivity contribution >= 4 is 5.91 Å². The number of halogens is 1. The van der Waals surface area contributed by atoms with Crippen LogP contribution in [-0.4, -0.2) is 45.3 Å². The molecule has 0 bridgehead atoms. The van der Waals surface area contributed by atoms with Gasteiger partial charge in [-0.2, -0.15) is 5.10 Å². The molecule has 8 heteroatoms. The van der Waals surface area contributed by atoms with Gasteiger partial charge in [0, 0.05) is 19.5 Å². The van der Waals surface area contributed by atoms with Gasteiger partial charge in [0.25, 0.3) is 5.91 Å². The van der Waals surface area contributed by atoms with Gasteiger partial charge in [-0.1, -0.05) is 18.2 Å². The minimum Gasteiger partial charge on any atom is -0.484 e. The summed E-state index contributed by atoms with van der Waals surface area (Å²) in [6.07, 6.45) is 2.33. The van der Waals surface area contributed by atoms with Crippen LogP contribution in [0.5, 0.6) is 5.75 Å². The largest absolute Gasteiger partial charge is 0.484 e. The monoisotopic (exact) mass is 424 g/mol. The first-order valence-electron chi connectivity index (χ1n) is 10.4. The summed E-state index contributed by atoms with van der Waals surface area (Å²) in [5.74, 6) is 1.09. The zero-order valence-electron chi connectivity index (χ0n) is 17.4. The third-order valence-electron chi connectivity index (χ3n) is 5.71. The maximum Gasteiger partial charge on any atom is 0.347 e. The van der Waals surface area contributed by atoms with E-state index in [-0.39, 0.29) is 24.0 Å². The van der Waals surface area contributed by atoms with Crippen LogP contribution in [0.4, 0.5) is 4.39 Å². The predicted molar refractivity (Wildman–Crippen MR) is 114 cm³/mol. The van der Waals surface area contributed by atoms with E-state index in [0.717, 1.165) is 24.1 Å². The van der Waals surface area contributed by atoms with E-state index in [0.29, 0.717) is 37.0 Å². The number of para-hydroxylation sites is 1. The Bertz CT molecular complexity index is 1100. The molecule has 1 aliphatic rings. The van der Waals surface area contributed by atoms with Crippen LogP contribution >= 0.6 is 0 Å². The first-order valence-corrected chi connectivity index (χ1v) is 10.4. The van der Waals surface area contributed by atoms with Crippen LogP contribution in [0.25, 0.3) is 5.69 Å². The van der Waals surface area contributed by atoms with Gasteiger partial charge >= 0.3 is 5.69 Å². The molecular weight excluding hydrogens is 399 g/mol. The first kappa shape index (κ1) is 20.8. The van der Waals surface area contributed by atoms with Crippen LogP contribution in [0.2, 0.25) is 0 Å². The Balaban J connectivity index is 1.33. The van der Waals surface area contributed by atoms with Gasteiger partial charge in [0.2, 0.25) is 0 Å². The van der Waals surface area contributed by atoms with E-state index in [1.54, 1.807) is 9.47 Å². The smallest absolute Gasteiger partial charge is 0.347 e. The van der Waals surface area contributed by atoms with Crippen LogP contribution < -0.4 is 10.4 Å². The number of rotatable bonds is 6. The number of nitrogens with zero attached hydrogens (tertiary/aromatic N) is 3. The number of carbonyl (C=O) groups excluding carboxylic acids is 1. The highest BCUT2D eigenvalue weighted by Crippen LogP contribution is 2.22. The lowest BCUT2D eigenvalue weighted by atomic mass is 9.93. The summed E-state index contributed by atoms with van der Waals surface area (Å²) in [7, 11) is 0. The molecule has 0 saturated carbocycles. The Morgan fingerprint density at radius 3 is 2.58 bits per heavy atom. The van der Waals surface area contributed by atoms with Gasteiger partial charge in [0.05, 0.1) is 5.69 Å². The summed E-state index contributed by atoms with van der Waals surface area (Å²) in [6.45, 7) is 3.17. The quantitative estimate of drug-likeness (QED) is 0.660. The van der Waals surface area contributed by atoms with Crippen molar-refractivity contribution < 1.29 is 13.9 Å². The molecule has 0 unspecified atom stereocenters. The van der Waals surface area contributed by atoms with Crippen molar-refractivity contribution in [3.05, 3.63) is 76.2 Å². The number of amides is 1. The van der Waals surface area contributed by atoms with Crippen molar-refractivity contribution in [2.75, 3.05) is 19.7 Å². The molecule has 1 aliphatic heterocycles. The first-order chi connectivity index (χ1) is 15.0. The molecule has 2 aromatic carbocycles. The average molecular weight is 424 g/mol. The van der Waals surface area contributed by atoms with Crippen LogP contribution in [0.3, 0.4) is 0 Å². The molecule has 1 saturated heterocycles. The van der Waals surface area contributed by atoms with Gasteiger partial charge in [0.1, 0.15) is 17.4 Å². The summed E-state index contributed by atoms with van der Waals surface area (Å²) in [5, 5.41) is 6.82. The third-order valence-corrected chi connectivity index (χ3v) is 5.71. The zero-order chi connectivity index (χ0) is 21.8. The number of likely N-dealkylation sites (tertiary alicyclic amines) is 1. The number of piperidine rings is 1. The molecule has 2 heterocycles. The molecular formula is C23H25FN4O3. The average Bonchev–Trinajstić information content (AvgIpc) is 3.14. The van der Waals surface area contributed by atoms with E-state index in [4.69, 9.17) is 4.74 Å². The van der Waals surface area contributed by atoms with E-state index in [2.05, 4.69) is 10.2 Å². The maximum absolute atomic E-state index is 13.0. The molecule has 1 aromatic heterocycles. The summed E-state index contributed by atoms with van der Waals surface area (Å²) in [4.78, 5) is 26.6. The molecule has 31 heavy (non-hydrogen) atoms. The molecule has 4 rings (SSSR count). The number of aromatic amines is 1. The van der Waals surface area contributed by atoms with Gasteiger partial charge in [0.15, 0.2) is 6.61 Å². The summed E-state index contributed by atoms with van der Waals surface area (Å²) >= 11 is 0. The van der Waals surface area contributed by atoms with Gasteiger partial charge in [-0.05, 0) is 61.6 Å². The molecule has 1 fully saturated rings. The molecule has 7 nitrogen and oxygen atoms in total. The second kappa shape index (κ2) is 9.16. The van der Waals surface area contributed by atoms with E-state index in [9.17, 15) is 14.0 Å². The highest BCUT2D eigenvalue weighted by Gasteiger charge is 2.25. The lowest BCUT2D eigenvalue weighted by Crippen LogP contribution is -2.41. The Morgan fingerprint density at radius 2 is 1.87 bits per heavy atom. The standard InChI is InChI=1S/C23H25FN4O3/c1-16-4-2-3-5-20(16)28-21(25-26-23(28)30)14-17-10-12-27(13-11-17)22(29)15-31-19-8-6-18(24)7-9-19/h2-9,17H,10-15H2,1H3,(H,26,30). The van der Waals surface area contributed by atoms with Crippen LogP contribution in [0.1, 0.15) is 24.2 Å². The molecule has 1 amide bonds. The predicted octanol–water partition coefficient (Wildman–Crippen LogP) is 2.87. The number of benzene rings is 2. The molecule has 0 radical (unpaired) electrons. The summed E-state index contributed by atoms with van der Waals surface area (Å²) in [5.41, 5.74) is 1.60. The van der Waals surface area contributed by atoms with Gasteiger partial charge in [-0.25, -0.2) is 18.9 Å². The fraction of sp³-hybridized carbons (Fsp3) is 0.348. The molecule has 1 N–H and O–H groups in total. The van der Waals surface area contributed by atoms with Crippen molar-refractivity contribution in [2.24, 2.45) is 5.92 Å². The molecule has 3 aromatic rings. The minimum absolute atomic E-state index is 0.0670. The van der Waals surface area contributed by atoms with E-state index < -0.39 is 0 Å². The van der Waals surface area contributed by atoms with Crippen LogP contribution in [0, 0.1) is 18.7 Å². The number of carbonyl (C=O) groups is 1. The summed E-state index contributed by atoms with van der Waals surface area (Å²) < 4.78 is 20.1. The van der Waals surface area contributed by atoms with E-state index in [1.807, 2.05) is 31.2 Å². The second-order valence-corrected chi connectivity index (χ2v) is 7.84. The van der Waals surface area contributed by atoms with Crippen LogP contribution in [-0.2, 0) is 11.2 Å². The number of aryl methyl sites for hydroxylation is 1. The van der Waals surface area contributed by atoms with Gasteiger partial charge in [-0.3, -0.25) is 4.79 Å².